The van der Waals surface area contributed by atoms with Gasteiger partial charge >= 0.3 is 0 Å². The van der Waals surface area contributed by atoms with Gasteiger partial charge in [0.25, 0.3) is 11.8 Å². The van der Waals surface area contributed by atoms with Crippen molar-refractivity contribution in [2.75, 3.05) is 51.6 Å². The van der Waals surface area contributed by atoms with E-state index in [1.807, 2.05) is 53.3 Å². The van der Waals surface area contributed by atoms with Crippen LogP contribution in [-0.4, -0.2) is 105 Å². The number of amides is 5. The number of fused-ring (bicyclic) bond motifs is 1. The number of carbonyl (C=O) groups is 5. The number of nitrogens with zero attached hydrogens (tertiary/aromatic N) is 6. The lowest BCUT2D eigenvalue weighted by Crippen LogP contribution is -2.51. The van der Waals surface area contributed by atoms with Crippen LogP contribution in [0.3, 0.4) is 0 Å². The number of aromatic nitrogens is 4. The van der Waals surface area contributed by atoms with Gasteiger partial charge in [-0.3, -0.25) is 39.5 Å². The third-order valence-corrected chi connectivity index (χ3v) is 11.6. The molecule has 3 fully saturated rings. The SMILES string of the molecule is CNc1cc(-n2cccc2)ncc1-c1nnc(C2CCN(C(=O)CN3CCNCC3c3ccc4c(c3C3CCC(=O)NC3=O)C(=O)NC4=O)CC2)s1. The molecule has 3 saturated heterocycles. The van der Waals surface area contributed by atoms with Crippen LogP contribution in [0.15, 0.2) is 48.9 Å². The largest absolute Gasteiger partial charge is 0.387 e. The number of likely N-dealkylation sites (tertiary alicyclic amines) is 1. The highest BCUT2D eigenvalue weighted by Crippen LogP contribution is 2.40. The molecule has 15 nitrogen and oxygen atoms in total. The topological polar surface area (TPSA) is 184 Å². The Balaban J connectivity index is 0.960. The van der Waals surface area contributed by atoms with Gasteiger partial charge in [0, 0.05) is 88.5 Å². The summed E-state index contributed by atoms with van der Waals surface area (Å²) in [5, 5.41) is 22.2. The average molecular weight is 723 g/mol. The molecule has 268 valence electrons. The van der Waals surface area contributed by atoms with Crippen LogP contribution in [0, 0.1) is 0 Å². The highest BCUT2D eigenvalue weighted by atomic mass is 32.1. The number of piperazine rings is 1. The standard InChI is InChI=1S/C36H38N10O5S/c1-37-25-16-27(44-11-2-3-12-44)39-17-24(25)36-43-42-35(52-36)20-8-13-45(14-9-20)29(48)19-46-15-10-38-18-26(46)21-4-5-23-31(34(51)41-33(23)50)30(21)22-6-7-28(47)40-32(22)49/h2-5,11-12,16-17,20,22,26,38H,6-10,13-15,18-19H2,1H3,(H,37,39)(H,40,47,49)(H,41,50,51). The summed E-state index contributed by atoms with van der Waals surface area (Å²) in [4.78, 5) is 73.2. The smallest absolute Gasteiger partial charge is 0.259 e. The lowest BCUT2D eigenvalue weighted by Gasteiger charge is -2.40. The Kier molecular flexibility index (Phi) is 9.11. The molecule has 52 heavy (non-hydrogen) atoms. The minimum absolute atomic E-state index is 0.00691. The van der Waals surface area contributed by atoms with E-state index in [9.17, 15) is 24.0 Å². The van der Waals surface area contributed by atoms with Gasteiger partial charge in [-0.2, -0.15) is 0 Å². The molecule has 4 aliphatic rings. The molecule has 4 aliphatic heterocycles. The lowest BCUT2D eigenvalue weighted by molar-refractivity contribution is -0.135. The van der Waals surface area contributed by atoms with E-state index in [-0.39, 0.29) is 54.3 Å². The molecule has 4 N–H and O–H groups in total. The van der Waals surface area contributed by atoms with Crippen molar-refractivity contribution in [3.05, 3.63) is 76.2 Å². The molecule has 5 amide bonds. The zero-order valence-corrected chi connectivity index (χ0v) is 29.4. The van der Waals surface area contributed by atoms with Crippen LogP contribution in [0.1, 0.15) is 80.4 Å². The number of nitrogens with one attached hydrogen (secondary N) is 4. The monoisotopic (exact) mass is 722 g/mol. The number of hydrogen-bond donors (Lipinski definition) is 4. The molecule has 0 radical (unpaired) electrons. The van der Waals surface area contributed by atoms with Gasteiger partial charge in [0.05, 0.1) is 29.2 Å². The zero-order valence-electron chi connectivity index (χ0n) is 28.6. The summed E-state index contributed by atoms with van der Waals surface area (Å²) in [7, 11) is 1.87. The fourth-order valence-corrected chi connectivity index (χ4v) is 8.82. The van der Waals surface area contributed by atoms with Gasteiger partial charge in [-0.15, -0.1) is 10.2 Å². The maximum absolute atomic E-state index is 13.8. The molecule has 0 saturated carbocycles. The van der Waals surface area contributed by atoms with E-state index in [4.69, 9.17) is 0 Å². The van der Waals surface area contributed by atoms with Crippen molar-refractivity contribution in [3.8, 4) is 16.4 Å². The van der Waals surface area contributed by atoms with E-state index in [1.54, 1.807) is 23.5 Å². The summed E-state index contributed by atoms with van der Waals surface area (Å²) in [6.45, 7) is 3.08. The molecule has 2 atom stereocenters. The summed E-state index contributed by atoms with van der Waals surface area (Å²) in [6.07, 6.45) is 7.61. The van der Waals surface area contributed by atoms with E-state index in [0.29, 0.717) is 43.9 Å². The molecule has 8 rings (SSSR count). The van der Waals surface area contributed by atoms with Crippen LogP contribution in [0.5, 0.6) is 0 Å². The molecule has 1 aromatic carbocycles. The Morgan fingerprint density at radius 1 is 0.981 bits per heavy atom. The van der Waals surface area contributed by atoms with Crippen LogP contribution in [0.25, 0.3) is 16.4 Å². The average Bonchev–Trinajstić information content (AvgIpc) is 3.93. The number of benzene rings is 1. The van der Waals surface area contributed by atoms with Crippen molar-refractivity contribution >= 4 is 46.6 Å². The normalized spacial score (nSPS) is 21.2. The van der Waals surface area contributed by atoms with Crippen LogP contribution < -0.4 is 21.3 Å². The van der Waals surface area contributed by atoms with E-state index >= 15 is 0 Å². The molecule has 0 spiro atoms. The second-order valence-corrected chi connectivity index (χ2v) is 14.5. The van der Waals surface area contributed by atoms with Gasteiger partial charge in [-0.05, 0) is 48.6 Å². The van der Waals surface area contributed by atoms with Gasteiger partial charge < -0.3 is 20.1 Å². The Bertz CT molecular complexity index is 2070. The molecule has 7 heterocycles. The Morgan fingerprint density at radius 2 is 1.79 bits per heavy atom. The molecule has 4 aromatic rings. The Labute approximate surface area is 303 Å². The first-order valence-corrected chi connectivity index (χ1v) is 18.3. The maximum Gasteiger partial charge on any atom is 0.259 e. The number of rotatable bonds is 8. The van der Waals surface area contributed by atoms with Crippen LogP contribution >= 0.6 is 11.3 Å². The second kappa shape index (κ2) is 14.0. The van der Waals surface area contributed by atoms with Crippen molar-refractivity contribution in [2.24, 2.45) is 0 Å². The minimum atomic E-state index is -0.774. The van der Waals surface area contributed by atoms with E-state index < -0.39 is 23.6 Å². The summed E-state index contributed by atoms with van der Waals surface area (Å²) < 4.78 is 1.95. The first-order valence-electron chi connectivity index (χ1n) is 17.5. The van der Waals surface area contributed by atoms with E-state index in [1.165, 1.54) is 0 Å². The van der Waals surface area contributed by atoms with Crippen molar-refractivity contribution < 1.29 is 24.0 Å². The van der Waals surface area contributed by atoms with Gasteiger partial charge in [0.1, 0.15) is 10.8 Å². The Morgan fingerprint density at radius 3 is 2.56 bits per heavy atom. The fraction of sp³-hybridized carbons (Fsp3) is 0.389. The highest BCUT2D eigenvalue weighted by Gasteiger charge is 2.41. The van der Waals surface area contributed by atoms with E-state index in [2.05, 4.69) is 41.3 Å². The van der Waals surface area contributed by atoms with Gasteiger partial charge in [-0.1, -0.05) is 17.4 Å². The molecule has 3 aromatic heterocycles. The predicted octanol–water partition coefficient (Wildman–Crippen LogP) is 2.19. The van der Waals surface area contributed by atoms with Gasteiger partial charge in [0.2, 0.25) is 17.7 Å². The van der Waals surface area contributed by atoms with Crippen LogP contribution in [-0.2, 0) is 14.4 Å². The summed E-state index contributed by atoms with van der Waals surface area (Å²) >= 11 is 1.56. The van der Waals surface area contributed by atoms with Crippen molar-refractivity contribution in [1.82, 2.24) is 45.5 Å². The first kappa shape index (κ1) is 33.8. The molecule has 0 bridgehead atoms. The molecule has 16 heteroatoms. The fourth-order valence-electron chi connectivity index (χ4n) is 7.79. The number of piperidine rings is 2. The summed E-state index contributed by atoms with van der Waals surface area (Å²) in [6, 6.07) is 8.97. The number of imide groups is 2. The van der Waals surface area contributed by atoms with Crippen LogP contribution in [0.2, 0.25) is 0 Å². The zero-order chi connectivity index (χ0) is 35.9. The van der Waals surface area contributed by atoms with Crippen molar-refractivity contribution in [3.63, 3.8) is 0 Å². The molecular weight excluding hydrogens is 685 g/mol. The molecular formula is C36H38N10O5S. The highest BCUT2D eigenvalue weighted by molar-refractivity contribution is 7.14. The second-order valence-electron chi connectivity index (χ2n) is 13.5. The lowest BCUT2D eigenvalue weighted by atomic mass is 9.80. The quantitative estimate of drug-likeness (QED) is 0.196. The number of pyridine rings is 1. The summed E-state index contributed by atoms with van der Waals surface area (Å²) in [5.41, 5.74) is 3.37. The maximum atomic E-state index is 13.8. The van der Waals surface area contributed by atoms with Crippen molar-refractivity contribution in [1.29, 1.82) is 0 Å². The predicted molar refractivity (Wildman–Crippen MR) is 191 cm³/mol. The number of anilines is 1. The molecule has 0 aliphatic carbocycles. The van der Waals surface area contributed by atoms with Gasteiger partial charge in [0.15, 0.2) is 5.01 Å². The molecule has 2 unspecified atom stereocenters. The number of hydrogen-bond acceptors (Lipinski definition) is 12. The number of carbonyl (C=O) groups excluding carboxylic acids is 5. The minimum Gasteiger partial charge on any atom is -0.387 e. The third kappa shape index (κ3) is 6.26. The first-order chi connectivity index (χ1) is 25.3. The summed E-state index contributed by atoms with van der Waals surface area (Å²) in [5.74, 6) is -1.69. The third-order valence-electron chi connectivity index (χ3n) is 10.5. The van der Waals surface area contributed by atoms with E-state index in [0.717, 1.165) is 39.9 Å². The van der Waals surface area contributed by atoms with Crippen molar-refractivity contribution in [2.45, 2.75) is 43.6 Å². The Hall–Kier alpha value is -5.32. The van der Waals surface area contributed by atoms with Crippen LogP contribution in [0.4, 0.5) is 5.69 Å². The van der Waals surface area contributed by atoms with Gasteiger partial charge in [-0.25, -0.2) is 4.98 Å².